The fourth-order valence-electron chi connectivity index (χ4n) is 4.76. The first kappa shape index (κ1) is 28.3. The predicted molar refractivity (Wildman–Crippen MR) is 150 cm³/mol. The highest BCUT2D eigenvalue weighted by atomic mass is 19.1. The van der Waals surface area contributed by atoms with Crippen LogP contribution in [0.5, 0.6) is 5.75 Å². The molecule has 0 saturated carbocycles. The van der Waals surface area contributed by atoms with Crippen LogP contribution in [0, 0.1) is 19.7 Å². The Labute approximate surface area is 229 Å². The van der Waals surface area contributed by atoms with E-state index in [1.807, 2.05) is 32.0 Å². The molecule has 9 nitrogen and oxygen atoms in total. The lowest BCUT2D eigenvalue weighted by Gasteiger charge is -2.36. The molecule has 4 rings (SSSR count). The second-order valence-corrected chi connectivity index (χ2v) is 10.2. The summed E-state index contributed by atoms with van der Waals surface area (Å²) in [7, 11) is 0. The Morgan fingerprint density at radius 3 is 2.46 bits per heavy atom. The zero-order valence-corrected chi connectivity index (χ0v) is 23.0. The molecular formula is C29H37FN6O3. The van der Waals surface area contributed by atoms with Gasteiger partial charge in [0.1, 0.15) is 12.4 Å². The smallest absolute Gasteiger partial charge is 0.413 e. The minimum atomic E-state index is -1.13. The Kier molecular flexibility index (Phi) is 9.32. The van der Waals surface area contributed by atoms with Crippen molar-refractivity contribution in [3.05, 3.63) is 71.2 Å². The minimum absolute atomic E-state index is 0.141. The summed E-state index contributed by atoms with van der Waals surface area (Å²) in [5.41, 5.74) is 3.40. The summed E-state index contributed by atoms with van der Waals surface area (Å²) in [5.74, 6) is 0.0610. The number of hydrogen-bond donors (Lipinski definition) is 2. The zero-order valence-electron chi connectivity index (χ0n) is 23.0. The number of amides is 1. The number of benzene rings is 2. The van der Waals surface area contributed by atoms with Gasteiger partial charge in [-0.05, 0) is 51.5 Å². The van der Waals surface area contributed by atoms with Gasteiger partial charge in [0.2, 0.25) is 5.95 Å². The predicted octanol–water partition coefficient (Wildman–Crippen LogP) is 5.07. The summed E-state index contributed by atoms with van der Waals surface area (Å²) in [6.45, 7) is 13.7. The average molecular weight is 537 g/mol. The second-order valence-electron chi connectivity index (χ2n) is 10.2. The molecule has 39 heavy (non-hydrogen) atoms. The Balaban J connectivity index is 1.35. The van der Waals surface area contributed by atoms with Gasteiger partial charge < -0.3 is 15.2 Å². The number of piperazine rings is 1. The van der Waals surface area contributed by atoms with Gasteiger partial charge in [-0.3, -0.25) is 14.7 Å². The SMILES string of the molecule is Cc1cc(C)cc(CN(C(=O)O)c2ccnc(Nc3ccc(OCCN4CCN(C(C)C)CC4)c(F)c3)n2)c1. The van der Waals surface area contributed by atoms with Crippen molar-refractivity contribution >= 4 is 23.5 Å². The number of aryl methyl sites for hydroxylation is 2. The van der Waals surface area contributed by atoms with Crippen LogP contribution in [0.15, 0.2) is 48.7 Å². The molecule has 208 valence electrons. The standard InChI is InChI=1S/C29H37FN6O3/c1-20(2)35-11-9-34(10-12-35)13-14-39-26-6-5-24(18-25(26)30)32-28-31-8-7-27(33-28)36(29(37)38)19-23-16-21(3)15-22(4)17-23/h5-8,15-18,20H,9-14,19H2,1-4H3,(H,37,38)(H,31,32,33). The molecule has 1 fully saturated rings. The van der Waals surface area contributed by atoms with Crippen LogP contribution >= 0.6 is 0 Å². The first-order valence-electron chi connectivity index (χ1n) is 13.2. The summed E-state index contributed by atoms with van der Waals surface area (Å²) in [6, 6.07) is 12.6. The van der Waals surface area contributed by atoms with Crippen LogP contribution in [0.25, 0.3) is 0 Å². The van der Waals surface area contributed by atoms with Crippen molar-refractivity contribution in [3.63, 3.8) is 0 Å². The van der Waals surface area contributed by atoms with Crippen LogP contribution in [0.3, 0.4) is 0 Å². The fourth-order valence-corrected chi connectivity index (χ4v) is 4.76. The first-order valence-corrected chi connectivity index (χ1v) is 13.2. The maximum Gasteiger partial charge on any atom is 0.413 e. The van der Waals surface area contributed by atoms with Crippen LogP contribution in [0.1, 0.15) is 30.5 Å². The van der Waals surface area contributed by atoms with Crippen molar-refractivity contribution in [1.82, 2.24) is 19.8 Å². The molecule has 0 unspecified atom stereocenters. The molecule has 1 aliphatic rings. The molecule has 0 spiro atoms. The first-order chi connectivity index (χ1) is 18.7. The van der Waals surface area contributed by atoms with Gasteiger partial charge in [-0.2, -0.15) is 4.98 Å². The van der Waals surface area contributed by atoms with Crippen LogP contribution < -0.4 is 15.0 Å². The van der Waals surface area contributed by atoms with Gasteiger partial charge in [0, 0.05) is 56.7 Å². The van der Waals surface area contributed by atoms with E-state index in [9.17, 15) is 14.3 Å². The summed E-state index contributed by atoms with van der Waals surface area (Å²) < 4.78 is 20.5. The molecule has 2 N–H and O–H groups in total. The van der Waals surface area contributed by atoms with Gasteiger partial charge in [0.05, 0.1) is 6.54 Å². The lowest BCUT2D eigenvalue weighted by atomic mass is 10.1. The monoisotopic (exact) mass is 536 g/mol. The van der Waals surface area contributed by atoms with E-state index in [0.717, 1.165) is 54.3 Å². The highest BCUT2D eigenvalue weighted by Crippen LogP contribution is 2.24. The Hall–Kier alpha value is -3.76. The van der Waals surface area contributed by atoms with Crippen molar-refractivity contribution < 1.29 is 19.0 Å². The Morgan fingerprint density at radius 1 is 1.10 bits per heavy atom. The number of hydrogen-bond acceptors (Lipinski definition) is 7. The number of nitrogens with one attached hydrogen (secondary N) is 1. The van der Waals surface area contributed by atoms with E-state index >= 15 is 0 Å². The maximum absolute atomic E-state index is 14.8. The van der Waals surface area contributed by atoms with Gasteiger partial charge in [-0.1, -0.05) is 29.3 Å². The molecular weight excluding hydrogens is 499 g/mol. The molecule has 10 heteroatoms. The number of nitrogens with zero attached hydrogens (tertiary/aromatic N) is 5. The third-order valence-electron chi connectivity index (χ3n) is 6.76. The zero-order chi connectivity index (χ0) is 27.9. The molecule has 1 saturated heterocycles. The molecule has 1 aromatic heterocycles. The highest BCUT2D eigenvalue weighted by molar-refractivity contribution is 5.84. The highest BCUT2D eigenvalue weighted by Gasteiger charge is 2.19. The molecule has 3 aromatic rings. The van der Waals surface area contributed by atoms with Crippen LogP contribution in [0.2, 0.25) is 0 Å². The quantitative estimate of drug-likeness (QED) is 0.371. The number of aromatic nitrogens is 2. The van der Waals surface area contributed by atoms with E-state index < -0.39 is 11.9 Å². The summed E-state index contributed by atoms with van der Waals surface area (Å²) in [4.78, 5) is 26.5. The van der Waals surface area contributed by atoms with E-state index in [1.54, 1.807) is 12.1 Å². The number of anilines is 3. The van der Waals surface area contributed by atoms with Crippen molar-refractivity contribution in [3.8, 4) is 5.75 Å². The number of carboxylic acid groups (broad SMARTS) is 1. The van der Waals surface area contributed by atoms with Crippen molar-refractivity contribution in [2.75, 3.05) is 49.5 Å². The second kappa shape index (κ2) is 12.9. The molecule has 1 amide bonds. The largest absolute Gasteiger partial charge is 0.489 e. The lowest BCUT2D eigenvalue weighted by Crippen LogP contribution is -2.49. The van der Waals surface area contributed by atoms with E-state index in [0.29, 0.717) is 18.3 Å². The topological polar surface area (TPSA) is 94.1 Å². The molecule has 2 heterocycles. The van der Waals surface area contributed by atoms with Crippen LogP contribution in [-0.4, -0.2) is 76.3 Å². The third kappa shape index (κ3) is 7.87. The van der Waals surface area contributed by atoms with Crippen molar-refractivity contribution in [2.24, 2.45) is 0 Å². The molecule has 0 aliphatic carbocycles. The van der Waals surface area contributed by atoms with Crippen LogP contribution in [-0.2, 0) is 6.54 Å². The fraction of sp³-hybridized carbons (Fsp3) is 0.414. The van der Waals surface area contributed by atoms with E-state index in [-0.39, 0.29) is 24.1 Å². The molecule has 0 atom stereocenters. The van der Waals surface area contributed by atoms with Crippen molar-refractivity contribution in [1.29, 1.82) is 0 Å². The third-order valence-corrected chi connectivity index (χ3v) is 6.76. The van der Waals surface area contributed by atoms with Gasteiger partial charge in [-0.25, -0.2) is 14.2 Å². The van der Waals surface area contributed by atoms with E-state index in [2.05, 4.69) is 38.9 Å². The lowest BCUT2D eigenvalue weighted by molar-refractivity contribution is 0.0965. The Morgan fingerprint density at radius 2 is 1.82 bits per heavy atom. The van der Waals surface area contributed by atoms with E-state index in [1.165, 1.54) is 18.3 Å². The molecule has 1 aliphatic heterocycles. The van der Waals surface area contributed by atoms with Gasteiger partial charge in [0.15, 0.2) is 11.6 Å². The summed E-state index contributed by atoms with van der Waals surface area (Å²) in [5, 5.41) is 12.8. The summed E-state index contributed by atoms with van der Waals surface area (Å²) >= 11 is 0. The molecule has 0 bridgehead atoms. The maximum atomic E-state index is 14.8. The normalized spacial score (nSPS) is 14.4. The average Bonchev–Trinajstić information content (AvgIpc) is 2.88. The van der Waals surface area contributed by atoms with Gasteiger partial charge in [-0.15, -0.1) is 0 Å². The number of carbonyl (C=O) groups is 1. The minimum Gasteiger partial charge on any atom is -0.489 e. The van der Waals surface area contributed by atoms with Gasteiger partial charge >= 0.3 is 6.09 Å². The number of rotatable bonds is 10. The van der Waals surface area contributed by atoms with Crippen LogP contribution in [0.4, 0.5) is 26.6 Å². The number of halogens is 1. The number of ether oxygens (including phenoxy) is 1. The Bertz CT molecular complexity index is 1260. The molecule has 0 radical (unpaired) electrons. The van der Waals surface area contributed by atoms with Crippen molar-refractivity contribution in [2.45, 2.75) is 40.3 Å². The van der Waals surface area contributed by atoms with E-state index in [4.69, 9.17) is 4.74 Å². The van der Waals surface area contributed by atoms with Gasteiger partial charge in [0.25, 0.3) is 0 Å². The summed E-state index contributed by atoms with van der Waals surface area (Å²) in [6.07, 6.45) is 0.338. The molecule has 2 aromatic carbocycles.